The van der Waals surface area contributed by atoms with Crippen molar-refractivity contribution >= 4 is 23.1 Å². The van der Waals surface area contributed by atoms with Crippen LogP contribution in [-0.2, 0) is 0 Å². The van der Waals surface area contributed by atoms with E-state index in [0.29, 0.717) is 0 Å². The molecule has 1 unspecified atom stereocenters. The molecule has 0 saturated heterocycles. The first kappa shape index (κ1) is 10.5. The quantitative estimate of drug-likeness (QED) is 0.851. The van der Waals surface area contributed by atoms with Gasteiger partial charge in [0.05, 0.1) is 6.10 Å². The van der Waals surface area contributed by atoms with E-state index >= 15 is 0 Å². The molecule has 0 amide bonds. The van der Waals surface area contributed by atoms with Gasteiger partial charge in [-0.2, -0.15) is 23.1 Å². The summed E-state index contributed by atoms with van der Waals surface area (Å²) in [7, 11) is 0. The fourth-order valence-electron chi connectivity index (χ4n) is 1.84. The smallest absolute Gasteiger partial charge is 0.0888 e. The Bertz CT molecular complexity index is 252. The largest absolute Gasteiger partial charge is 0.388 e. The molecule has 1 heterocycles. The Labute approximate surface area is 93.5 Å². The van der Waals surface area contributed by atoms with Crippen LogP contribution in [0.25, 0.3) is 0 Å². The molecule has 1 aromatic heterocycles. The van der Waals surface area contributed by atoms with Gasteiger partial charge in [-0.05, 0) is 35.2 Å². The van der Waals surface area contributed by atoms with Crippen LogP contribution in [0.3, 0.4) is 0 Å². The Morgan fingerprint density at radius 2 is 2.29 bits per heavy atom. The second kappa shape index (κ2) is 5.19. The molecule has 0 bridgehead atoms. The third kappa shape index (κ3) is 2.75. The van der Waals surface area contributed by atoms with Gasteiger partial charge in [0.2, 0.25) is 0 Å². The second-order valence-electron chi connectivity index (χ2n) is 3.81. The average Bonchev–Trinajstić information content (AvgIpc) is 2.87. The highest BCUT2D eigenvalue weighted by atomic mass is 32.2. The highest BCUT2D eigenvalue weighted by Gasteiger charge is 2.17. The van der Waals surface area contributed by atoms with E-state index in [9.17, 15) is 5.11 Å². The Kier molecular flexibility index (Phi) is 3.90. The van der Waals surface area contributed by atoms with Gasteiger partial charge in [0, 0.05) is 11.0 Å². The average molecular weight is 228 g/mol. The lowest BCUT2D eigenvalue weighted by molar-refractivity contribution is 0.204. The van der Waals surface area contributed by atoms with Gasteiger partial charge in [0.25, 0.3) is 0 Å². The Morgan fingerprint density at radius 1 is 1.50 bits per heavy atom. The van der Waals surface area contributed by atoms with E-state index in [-0.39, 0.29) is 6.10 Å². The van der Waals surface area contributed by atoms with Crippen LogP contribution >= 0.6 is 23.1 Å². The third-order valence-corrected chi connectivity index (χ3v) is 4.87. The summed E-state index contributed by atoms with van der Waals surface area (Å²) in [6.45, 7) is 0. The molecule has 1 aliphatic rings. The van der Waals surface area contributed by atoms with Crippen molar-refractivity contribution in [1.29, 1.82) is 0 Å². The number of hydrogen-bond donors (Lipinski definition) is 1. The molecule has 3 heteroatoms. The maximum Gasteiger partial charge on any atom is 0.0888 e. The van der Waals surface area contributed by atoms with Crippen LogP contribution in [0.15, 0.2) is 16.8 Å². The highest BCUT2D eigenvalue weighted by molar-refractivity contribution is 7.99. The number of hydrogen-bond acceptors (Lipinski definition) is 3. The molecule has 1 saturated carbocycles. The van der Waals surface area contributed by atoms with Crippen molar-refractivity contribution in [3.8, 4) is 0 Å². The van der Waals surface area contributed by atoms with Crippen LogP contribution in [0.2, 0.25) is 0 Å². The molecule has 1 aromatic rings. The zero-order chi connectivity index (χ0) is 9.80. The lowest BCUT2D eigenvalue weighted by Gasteiger charge is -2.12. The summed E-state index contributed by atoms with van der Waals surface area (Å²) in [5.41, 5.74) is 1.08. The highest BCUT2D eigenvalue weighted by Crippen LogP contribution is 2.32. The molecule has 1 fully saturated rings. The molecular formula is C11H16OS2. The Hall–Kier alpha value is 0.01000. The van der Waals surface area contributed by atoms with Crippen molar-refractivity contribution in [2.45, 2.75) is 37.0 Å². The molecular weight excluding hydrogens is 212 g/mol. The van der Waals surface area contributed by atoms with Crippen LogP contribution < -0.4 is 0 Å². The first-order valence-electron chi connectivity index (χ1n) is 5.18. The minimum absolute atomic E-state index is 0.258. The van der Waals surface area contributed by atoms with Gasteiger partial charge in [-0.3, -0.25) is 0 Å². The predicted octanol–water partition coefficient (Wildman–Crippen LogP) is 3.46. The maximum absolute atomic E-state index is 9.86. The van der Waals surface area contributed by atoms with Crippen LogP contribution in [0.4, 0.5) is 0 Å². The summed E-state index contributed by atoms with van der Waals surface area (Å²) in [5, 5.41) is 14.7. The van der Waals surface area contributed by atoms with Crippen molar-refractivity contribution in [2.24, 2.45) is 0 Å². The number of aliphatic hydroxyl groups excluding tert-OH is 1. The van der Waals surface area contributed by atoms with Crippen molar-refractivity contribution in [3.05, 3.63) is 22.4 Å². The van der Waals surface area contributed by atoms with Gasteiger partial charge in [0.15, 0.2) is 0 Å². The molecule has 1 nitrogen and oxygen atoms in total. The fraction of sp³-hybridized carbons (Fsp3) is 0.636. The normalized spacial score (nSPS) is 20.1. The monoisotopic (exact) mass is 228 g/mol. The number of thioether (sulfide) groups is 1. The molecule has 0 aliphatic heterocycles. The van der Waals surface area contributed by atoms with E-state index in [2.05, 4.69) is 0 Å². The summed E-state index contributed by atoms with van der Waals surface area (Å²) in [4.78, 5) is 0. The molecule has 0 spiro atoms. The van der Waals surface area contributed by atoms with Crippen LogP contribution in [-0.4, -0.2) is 16.1 Å². The van der Waals surface area contributed by atoms with Gasteiger partial charge in [0.1, 0.15) is 0 Å². The molecule has 14 heavy (non-hydrogen) atoms. The minimum Gasteiger partial charge on any atom is -0.388 e. The summed E-state index contributed by atoms with van der Waals surface area (Å²) in [6, 6.07) is 2.02. The van der Waals surface area contributed by atoms with Crippen LogP contribution in [0.1, 0.15) is 37.4 Å². The Morgan fingerprint density at radius 3 is 2.93 bits per heavy atom. The van der Waals surface area contributed by atoms with E-state index in [1.54, 1.807) is 11.3 Å². The summed E-state index contributed by atoms with van der Waals surface area (Å²) < 4.78 is 0. The predicted molar refractivity (Wildman–Crippen MR) is 64.0 cm³/mol. The van der Waals surface area contributed by atoms with Gasteiger partial charge in [-0.1, -0.05) is 12.8 Å². The number of aliphatic hydroxyl groups is 1. The first-order chi connectivity index (χ1) is 6.86. The van der Waals surface area contributed by atoms with E-state index < -0.39 is 0 Å². The topological polar surface area (TPSA) is 20.2 Å². The van der Waals surface area contributed by atoms with E-state index in [1.165, 1.54) is 25.7 Å². The zero-order valence-corrected chi connectivity index (χ0v) is 9.82. The van der Waals surface area contributed by atoms with Crippen molar-refractivity contribution in [3.63, 3.8) is 0 Å². The van der Waals surface area contributed by atoms with Gasteiger partial charge < -0.3 is 5.11 Å². The van der Waals surface area contributed by atoms with Crippen molar-refractivity contribution < 1.29 is 5.11 Å². The number of thiophene rings is 1. The van der Waals surface area contributed by atoms with Gasteiger partial charge in [-0.15, -0.1) is 0 Å². The van der Waals surface area contributed by atoms with E-state index in [0.717, 1.165) is 16.6 Å². The van der Waals surface area contributed by atoms with E-state index in [4.69, 9.17) is 0 Å². The van der Waals surface area contributed by atoms with Gasteiger partial charge in [-0.25, -0.2) is 0 Å². The third-order valence-electron chi connectivity index (χ3n) is 2.72. The van der Waals surface area contributed by atoms with Gasteiger partial charge >= 0.3 is 0 Å². The lowest BCUT2D eigenvalue weighted by atomic mass is 10.2. The SMILES string of the molecule is OC(CSC1CCCC1)c1ccsc1. The molecule has 0 radical (unpaired) electrons. The second-order valence-corrected chi connectivity index (χ2v) is 5.93. The first-order valence-corrected chi connectivity index (χ1v) is 7.17. The summed E-state index contributed by atoms with van der Waals surface area (Å²) in [5.74, 6) is 0.862. The molecule has 0 aromatic carbocycles. The lowest BCUT2D eigenvalue weighted by Crippen LogP contribution is -2.03. The van der Waals surface area contributed by atoms with Crippen molar-refractivity contribution in [2.75, 3.05) is 5.75 Å². The maximum atomic E-state index is 9.86. The van der Waals surface area contributed by atoms with Crippen molar-refractivity contribution in [1.82, 2.24) is 0 Å². The zero-order valence-electron chi connectivity index (χ0n) is 8.19. The molecule has 1 aliphatic carbocycles. The Balaban J connectivity index is 1.74. The van der Waals surface area contributed by atoms with Crippen LogP contribution in [0.5, 0.6) is 0 Å². The summed E-state index contributed by atoms with van der Waals surface area (Å²) in [6.07, 6.45) is 5.20. The van der Waals surface area contributed by atoms with E-state index in [1.807, 2.05) is 28.6 Å². The number of rotatable bonds is 4. The standard InChI is InChI=1S/C11H16OS2/c12-11(9-5-6-13-7-9)8-14-10-3-1-2-4-10/h5-7,10-12H,1-4,8H2. The minimum atomic E-state index is -0.258. The molecule has 1 atom stereocenters. The van der Waals surface area contributed by atoms with Crippen LogP contribution in [0, 0.1) is 0 Å². The molecule has 78 valence electrons. The summed E-state index contributed by atoms with van der Waals surface area (Å²) >= 11 is 3.60. The molecule has 1 N–H and O–H groups in total. The molecule has 2 rings (SSSR count). The fourth-order valence-corrected chi connectivity index (χ4v) is 3.86.